The second-order valence-corrected chi connectivity index (χ2v) is 7.98. The molecule has 1 aliphatic heterocycles. The van der Waals surface area contributed by atoms with E-state index in [0.717, 1.165) is 10.9 Å². The number of rotatable bonds is 4. The Balaban J connectivity index is 1.58. The van der Waals surface area contributed by atoms with E-state index >= 15 is 0 Å². The summed E-state index contributed by atoms with van der Waals surface area (Å²) in [4.78, 5) is 6.23. The number of fused-ring (bicyclic) bond motifs is 1. The molecular formula is C18H15ClN4O3S. The Morgan fingerprint density at radius 3 is 2.67 bits per heavy atom. The normalized spacial score (nSPS) is 13.8. The average molecular weight is 403 g/mol. The van der Waals surface area contributed by atoms with Gasteiger partial charge in [-0.1, -0.05) is 17.7 Å². The van der Waals surface area contributed by atoms with Crippen LogP contribution in [0.1, 0.15) is 0 Å². The standard InChI is InChI=1S/C18H15ClN4O3S/c19-12-2-1-3-15(10-12)27(24,25)22-13-4-6-14(7-5-13)23-11-21-18-16(17(23)20)8-9-26-18/h1-10,22H,11,20H2. The van der Waals surface area contributed by atoms with Crippen LogP contribution in [-0.2, 0) is 10.0 Å². The minimum absolute atomic E-state index is 0.0963. The third-order valence-corrected chi connectivity index (χ3v) is 5.72. The second kappa shape index (κ2) is 6.64. The lowest BCUT2D eigenvalue weighted by molar-refractivity contribution is 0.500. The molecule has 3 N–H and O–H groups in total. The molecule has 0 unspecified atom stereocenters. The number of benzene rings is 2. The van der Waals surface area contributed by atoms with Crippen molar-refractivity contribution in [3.8, 4) is 0 Å². The van der Waals surface area contributed by atoms with Crippen molar-refractivity contribution in [1.82, 2.24) is 0 Å². The van der Waals surface area contributed by atoms with Crippen molar-refractivity contribution in [2.45, 2.75) is 4.90 Å². The monoisotopic (exact) mass is 402 g/mol. The number of sulfonamides is 1. The quantitative estimate of drug-likeness (QED) is 0.693. The molecule has 1 aromatic heterocycles. The van der Waals surface area contributed by atoms with Gasteiger partial charge in [0, 0.05) is 16.4 Å². The molecule has 0 radical (unpaired) electrons. The van der Waals surface area contributed by atoms with Crippen molar-refractivity contribution in [1.29, 1.82) is 0 Å². The first kappa shape index (κ1) is 17.4. The molecule has 0 aliphatic carbocycles. The highest BCUT2D eigenvalue weighted by Gasteiger charge is 2.17. The van der Waals surface area contributed by atoms with Crippen LogP contribution < -0.4 is 26.1 Å². The van der Waals surface area contributed by atoms with Crippen LogP contribution >= 0.6 is 11.6 Å². The van der Waals surface area contributed by atoms with Crippen LogP contribution in [0.25, 0.3) is 5.82 Å². The van der Waals surface area contributed by atoms with E-state index in [4.69, 9.17) is 21.8 Å². The number of nitrogens with two attached hydrogens (primary N) is 1. The van der Waals surface area contributed by atoms with Gasteiger partial charge in [-0.2, -0.15) is 0 Å². The van der Waals surface area contributed by atoms with Gasteiger partial charge in [-0.25, -0.2) is 13.4 Å². The maximum Gasteiger partial charge on any atom is 0.261 e. The molecule has 0 amide bonds. The molecule has 0 spiro atoms. The third-order valence-electron chi connectivity index (χ3n) is 4.10. The zero-order valence-electron chi connectivity index (χ0n) is 14.0. The zero-order chi connectivity index (χ0) is 19.0. The summed E-state index contributed by atoms with van der Waals surface area (Å²) in [7, 11) is -3.73. The van der Waals surface area contributed by atoms with E-state index in [1.165, 1.54) is 18.4 Å². The predicted octanol–water partition coefficient (Wildman–Crippen LogP) is 1.86. The van der Waals surface area contributed by atoms with Crippen molar-refractivity contribution in [3.05, 3.63) is 76.7 Å². The van der Waals surface area contributed by atoms with Crippen molar-refractivity contribution in [2.24, 2.45) is 10.7 Å². The van der Waals surface area contributed by atoms with Crippen molar-refractivity contribution in [3.63, 3.8) is 0 Å². The van der Waals surface area contributed by atoms with E-state index in [9.17, 15) is 8.42 Å². The number of anilines is 2. The summed E-state index contributed by atoms with van der Waals surface area (Å²) in [6, 6.07) is 14.7. The number of nitrogens with zero attached hydrogens (tertiary/aromatic N) is 2. The minimum Gasteiger partial charge on any atom is -0.446 e. The van der Waals surface area contributed by atoms with E-state index in [2.05, 4.69) is 9.71 Å². The van der Waals surface area contributed by atoms with Crippen LogP contribution in [0.2, 0.25) is 5.02 Å². The third kappa shape index (κ3) is 3.36. The molecule has 138 valence electrons. The first-order chi connectivity index (χ1) is 12.9. The van der Waals surface area contributed by atoms with Crippen molar-refractivity contribution < 1.29 is 12.8 Å². The minimum atomic E-state index is -3.73. The summed E-state index contributed by atoms with van der Waals surface area (Å²) in [5, 5.41) is 1.08. The Bertz CT molecular complexity index is 1220. The molecule has 4 rings (SSSR count). The molecule has 3 aromatic rings. The predicted molar refractivity (Wildman–Crippen MR) is 103 cm³/mol. The first-order valence-electron chi connectivity index (χ1n) is 7.98. The molecule has 0 saturated carbocycles. The molecule has 0 atom stereocenters. The van der Waals surface area contributed by atoms with Crippen LogP contribution in [0.5, 0.6) is 0 Å². The van der Waals surface area contributed by atoms with Crippen LogP contribution in [0, 0.1) is 0 Å². The number of hydrogen-bond acceptors (Lipinski definition) is 6. The Morgan fingerprint density at radius 2 is 1.93 bits per heavy atom. The highest BCUT2D eigenvalue weighted by molar-refractivity contribution is 7.92. The SMILES string of the molecule is NC1=c2ccoc2=NCN1c1ccc(NS(=O)(=O)c2cccc(Cl)c2)cc1. The Hall–Kier alpha value is -2.97. The molecule has 0 saturated heterocycles. The lowest BCUT2D eigenvalue weighted by Crippen LogP contribution is -2.42. The fourth-order valence-corrected chi connectivity index (χ4v) is 4.11. The summed E-state index contributed by atoms with van der Waals surface area (Å²) in [6.07, 6.45) is 1.54. The summed E-state index contributed by atoms with van der Waals surface area (Å²) in [5.74, 6) is 0.529. The van der Waals surface area contributed by atoms with Gasteiger partial charge in [0.1, 0.15) is 12.5 Å². The lowest BCUT2D eigenvalue weighted by atomic mass is 10.2. The van der Waals surface area contributed by atoms with E-state index in [-0.39, 0.29) is 4.90 Å². The highest BCUT2D eigenvalue weighted by Crippen LogP contribution is 2.23. The van der Waals surface area contributed by atoms with Gasteiger partial charge in [-0.3, -0.25) is 4.72 Å². The van der Waals surface area contributed by atoms with Crippen LogP contribution in [0.15, 0.2) is 75.2 Å². The number of hydrogen-bond donors (Lipinski definition) is 2. The van der Waals surface area contributed by atoms with Crippen LogP contribution in [-0.4, -0.2) is 15.1 Å². The fraction of sp³-hybridized carbons (Fsp3) is 0.0556. The molecule has 0 fully saturated rings. The van der Waals surface area contributed by atoms with Gasteiger partial charge >= 0.3 is 0 Å². The second-order valence-electron chi connectivity index (χ2n) is 5.86. The Kier molecular flexibility index (Phi) is 4.29. The van der Waals surface area contributed by atoms with E-state index in [1.54, 1.807) is 42.5 Å². The Labute approximate surface area is 160 Å². The van der Waals surface area contributed by atoms with E-state index in [0.29, 0.717) is 28.8 Å². The fourth-order valence-electron chi connectivity index (χ4n) is 2.75. The summed E-state index contributed by atoms with van der Waals surface area (Å²) < 4.78 is 32.7. The van der Waals surface area contributed by atoms with Crippen molar-refractivity contribution >= 4 is 38.8 Å². The highest BCUT2D eigenvalue weighted by atomic mass is 35.5. The average Bonchev–Trinajstić information content (AvgIpc) is 3.12. The molecule has 2 aromatic carbocycles. The molecule has 7 nitrogen and oxygen atoms in total. The maximum atomic E-state index is 12.5. The van der Waals surface area contributed by atoms with Gasteiger partial charge in [-0.05, 0) is 48.5 Å². The van der Waals surface area contributed by atoms with Crippen LogP contribution in [0.4, 0.5) is 11.4 Å². The van der Waals surface area contributed by atoms with Crippen LogP contribution in [0.3, 0.4) is 0 Å². The summed E-state index contributed by atoms with van der Waals surface area (Å²) in [5.41, 5.74) is 7.92. The zero-order valence-corrected chi connectivity index (χ0v) is 15.5. The molecule has 9 heteroatoms. The number of furan rings is 1. The first-order valence-corrected chi connectivity index (χ1v) is 9.84. The molecule has 2 heterocycles. The summed E-state index contributed by atoms with van der Waals surface area (Å²) >= 11 is 5.87. The molecular weight excluding hydrogens is 388 g/mol. The van der Waals surface area contributed by atoms with Gasteiger partial charge in [-0.15, -0.1) is 0 Å². The van der Waals surface area contributed by atoms with E-state index in [1.807, 2.05) is 4.90 Å². The van der Waals surface area contributed by atoms with Gasteiger partial charge in [0.25, 0.3) is 10.0 Å². The van der Waals surface area contributed by atoms with E-state index < -0.39 is 10.0 Å². The largest absolute Gasteiger partial charge is 0.446 e. The Morgan fingerprint density at radius 1 is 1.15 bits per heavy atom. The lowest BCUT2D eigenvalue weighted by Gasteiger charge is -2.24. The topological polar surface area (TPSA) is 101 Å². The van der Waals surface area contributed by atoms with Gasteiger partial charge in [0.05, 0.1) is 16.4 Å². The van der Waals surface area contributed by atoms with Gasteiger partial charge in [0.2, 0.25) is 5.55 Å². The number of halogens is 1. The smallest absolute Gasteiger partial charge is 0.261 e. The van der Waals surface area contributed by atoms with Crippen molar-refractivity contribution in [2.75, 3.05) is 16.3 Å². The number of nitrogens with one attached hydrogen (secondary N) is 1. The maximum absolute atomic E-state index is 12.5. The van der Waals surface area contributed by atoms with Gasteiger partial charge < -0.3 is 15.1 Å². The molecule has 1 aliphatic rings. The summed E-state index contributed by atoms with van der Waals surface area (Å²) in [6.45, 7) is 0.319. The van der Waals surface area contributed by atoms with Gasteiger partial charge in [0.15, 0.2) is 0 Å². The molecule has 0 bridgehead atoms. The molecule has 27 heavy (non-hydrogen) atoms.